The Bertz CT molecular complexity index is 726. The highest BCUT2D eigenvalue weighted by Gasteiger charge is 2.60. The summed E-state index contributed by atoms with van der Waals surface area (Å²) in [5, 5.41) is 19.4. The van der Waals surface area contributed by atoms with Gasteiger partial charge in [0.2, 0.25) is 0 Å². The third-order valence-electron chi connectivity index (χ3n) is 5.18. The summed E-state index contributed by atoms with van der Waals surface area (Å²) in [5.74, 6) is -2.81. The van der Waals surface area contributed by atoms with Crippen molar-refractivity contribution in [3.8, 4) is 0 Å². The third-order valence-corrected chi connectivity index (χ3v) is 5.18. The van der Waals surface area contributed by atoms with E-state index < -0.39 is 29.2 Å². The van der Waals surface area contributed by atoms with Crippen molar-refractivity contribution in [3.63, 3.8) is 0 Å². The second-order valence-electron chi connectivity index (χ2n) is 6.57. The predicted molar refractivity (Wildman–Crippen MR) is 89.6 cm³/mol. The Balaban J connectivity index is 1.91. The smallest absolute Gasteiger partial charge is 0.310 e. The van der Waals surface area contributed by atoms with Gasteiger partial charge in [0.05, 0.1) is 11.3 Å². The van der Waals surface area contributed by atoms with Crippen LogP contribution >= 0.6 is 0 Å². The fourth-order valence-electron chi connectivity index (χ4n) is 3.86. The number of benzene rings is 2. The molecule has 3 rings (SSSR count). The number of aliphatic carboxylic acids is 2. The molecule has 1 saturated carbocycles. The Morgan fingerprint density at radius 2 is 1.46 bits per heavy atom. The maximum Gasteiger partial charge on any atom is 0.310 e. The standard InChI is InChI=1S/C20H20O4/c21-18(22)16-13-20(19(23)24,12-15-9-5-2-6-10-15)17(16)11-14-7-3-1-4-8-14/h1-10,16-17H,11-13H2,(H,21,22)(H,23,24)/t16-,17?,20+/m0/s1. The molecule has 0 aliphatic heterocycles. The van der Waals surface area contributed by atoms with Crippen molar-refractivity contribution < 1.29 is 19.8 Å². The number of carbonyl (C=O) groups is 2. The van der Waals surface area contributed by atoms with E-state index in [0.29, 0.717) is 12.8 Å². The molecule has 0 amide bonds. The zero-order valence-corrected chi connectivity index (χ0v) is 13.3. The van der Waals surface area contributed by atoms with Gasteiger partial charge in [-0.25, -0.2) is 0 Å². The summed E-state index contributed by atoms with van der Waals surface area (Å²) in [5.41, 5.74) is 0.897. The predicted octanol–water partition coefficient (Wildman–Crippen LogP) is 3.26. The molecule has 0 bridgehead atoms. The van der Waals surface area contributed by atoms with E-state index in [-0.39, 0.29) is 6.42 Å². The molecule has 0 aromatic heterocycles. The lowest BCUT2D eigenvalue weighted by Crippen LogP contribution is -2.57. The summed E-state index contributed by atoms with van der Waals surface area (Å²) < 4.78 is 0. The van der Waals surface area contributed by atoms with Gasteiger partial charge >= 0.3 is 11.9 Å². The Hall–Kier alpha value is -2.62. The van der Waals surface area contributed by atoms with Crippen LogP contribution in [0.4, 0.5) is 0 Å². The highest BCUT2D eigenvalue weighted by atomic mass is 16.4. The van der Waals surface area contributed by atoms with Gasteiger partial charge in [-0.1, -0.05) is 60.7 Å². The maximum atomic E-state index is 12.1. The number of carboxylic acids is 2. The molecule has 0 heterocycles. The molecule has 4 nitrogen and oxygen atoms in total. The zero-order valence-electron chi connectivity index (χ0n) is 13.3. The van der Waals surface area contributed by atoms with Crippen LogP contribution in [0.25, 0.3) is 0 Å². The second kappa shape index (κ2) is 6.48. The first kappa shape index (κ1) is 16.2. The minimum absolute atomic E-state index is 0.185. The lowest BCUT2D eigenvalue weighted by molar-refractivity contribution is -0.178. The van der Waals surface area contributed by atoms with E-state index >= 15 is 0 Å². The van der Waals surface area contributed by atoms with Crippen LogP contribution in [0.15, 0.2) is 60.7 Å². The fourth-order valence-corrected chi connectivity index (χ4v) is 3.86. The molecular weight excluding hydrogens is 304 g/mol. The molecule has 3 atom stereocenters. The number of carboxylic acid groups (broad SMARTS) is 2. The van der Waals surface area contributed by atoms with Crippen LogP contribution in [-0.4, -0.2) is 22.2 Å². The normalized spacial score (nSPS) is 25.7. The quantitative estimate of drug-likeness (QED) is 0.855. The zero-order chi connectivity index (χ0) is 17.2. The van der Waals surface area contributed by atoms with Crippen LogP contribution in [-0.2, 0) is 22.4 Å². The minimum atomic E-state index is -1.01. The van der Waals surface area contributed by atoms with Gasteiger partial charge in [-0.2, -0.15) is 0 Å². The van der Waals surface area contributed by atoms with Crippen LogP contribution < -0.4 is 0 Å². The number of rotatable bonds is 6. The molecule has 2 aromatic rings. The molecule has 1 aliphatic carbocycles. The molecule has 0 spiro atoms. The molecule has 2 aromatic carbocycles. The van der Waals surface area contributed by atoms with E-state index in [4.69, 9.17) is 0 Å². The molecule has 4 heteroatoms. The Morgan fingerprint density at radius 3 is 1.96 bits per heavy atom. The number of hydrogen-bond acceptors (Lipinski definition) is 2. The SMILES string of the molecule is O=C(O)[C@H]1C[C@@](Cc2ccccc2)(C(=O)O)C1Cc1ccccc1. The third kappa shape index (κ3) is 2.92. The van der Waals surface area contributed by atoms with Crippen molar-refractivity contribution in [1.82, 2.24) is 0 Å². The molecule has 1 unspecified atom stereocenters. The van der Waals surface area contributed by atoms with Gasteiger partial charge in [0.25, 0.3) is 0 Å². The summed E-state index contributed by atoms with van der Waals surface area (Å²) in [4.78, 5) is 23.6. The van der Waals surface area contributed by atoms with E-state index in [1.54, 1.807) is 0 Å². The van der Waals surface area contributed by atoms with E-state index in [0.717, 1.165) is 11.1 Å². The first-order valence-electron chi connectivity index (χ1n) is 8.07. The molecule has 24 heavy (non-hydrogen) atoms. The van der Waals surface area contributed by atoms with E-state index in [9.17, 15) is 19.8 Å². The highest BCUT2D eigenvalue weighted by molar-refractivity contribution is 5.82. The summed E-state index contributed by atoms with van der Waals surface area (Å²) in [6, 6.07) is 19.0. The summed E-state index contributed by atoms with van der Waals surface area (Å²) in [6.07, 6.45) is 1.02. The maximum absolute atomic E-state index is 12.1. The van der Waals surface area contributed by atoms with Crippen molar-refractivity contribution in [2.24, 2.45) is 17.3 Å². The van der Waals surface area contributed by atoms with Gasteiger partial charge in [-0.15, -0.1) is 0 Å². The Kier molecular flexibility index (Phi) is 4.38. The monoisotopic (exact) mass is 324 g/mol. The highest BCUT2D eigenvalue weighted by Crippen LogP contribution is 2.55. The fraction of sp³-hybridized carbons (Fsp3) is 0.300. The van der Waals surface area contributed by atoms with Crippen LogP contribution in [0.2, 0.25) is 0 Å². The Labute approximate surface area is 140 Å². The molecule has 124 valence electrons. The largest absolute Gasteiger partial charge is 0.481 e. The minimum Gasteiger partial charge on any atom is -0.481 e. The topological polar surface area (TPSA) is 74.6 Å². The first-order valence-corrected chi connectivity index (χ1v) is 8.07. The first-order chi connectivity index (χ1) is 11.5. The Morgan fingerprint density at radius 1 is 0.917 bits per heavy atom. The van der Waals surface area contributed by atoms with Gasteiger partial charge in [-0.3, -0.25) is 9.59 Å². The van der Waals surface area contributed by atoms with Crippen LogP contribution in [0, 0.1) is 17.3 Å². The number of hydrogen-bond donors (Lipinski definition) is 2. The van der Waals surface area contributed by atoms with Crippen molar-refractivity contribution in [2.75, 3.05) is 0 Å². The molecule has 1 fully saturated rings. The molecule has 2 N–H and O–H groups in total. The van der Waals surface area contributed by atoms with Crippen LogP contribution in [0.5, 0.6) is 0 Å². The van der Waals surface area contributed by atoms with Gasteiger partial charge in [-0.05, 0) is 36.3 Å². The lowest BCUT2D eigenvalue weighted by Gasteiger charge is -2.51. The molecular formula is C20H20O4. The average Bonchev–Trinajstić information content (AvgIpc) is 2.57. The van der Waals surface area contributed by atoms with Gasteiger partial charge in [0.1, 0.15) is 0 Å². The summed E-state index contributed by atoms with van der Waals surface area (Å²) in [6.45, 7) is 0. The van der Waals surface area contributed by atoms with E-state index in [1.165, 1.54) is 0 Å². The molecule has 0 radical (unpaired) electrons. The van der Waals surface area contributed by atoms with Crippen molar-refractivity contribution >= 4 is 11.9 Å². The van der Waals surface area contributed by atoms with Gasteiger partial charge in [0, 0.05) is 0 Å². The van der Waals surface area contributed by atoms with Gasteiger partial charge < -0.3 is 10.2 Å². The molecule has 0 saturated heterocycles. The average molecular weight is 324 g/mol. The lowest BCUT2D eigenvalue weighted by atomic mass is 9.50. The van der Waals surface area contributed by atoms with E-state index in [1.807, 2.05) is 60.7 Å². The van der Waals surface area contributed by atoms with Crippen LogP contribution in [0.3, 0.4) is 0 Å². The van der Waals surface area contributed by atoms with Gasteiger partial charge in [0.15, 0.2) is 0 Å². The van der Waals surface area contributed by atoms with Crippen molar-refractivity contribution in [2.45, 2.75) is 19.3 Å². The second-order valence-corrected chi connectivity index (χ2v) is 6.57. The van der Waals surface area contributed by atoms with Crippen molar-refractivity contribution in [1.29, 1.82) is 0 Å². The van der Waals surface area contributed by atoms with E-state index in [2.05, 4.69) is 0 Å². The molecule has 1 aliphatic rings. The summed E-state index contributed by atoms with van der Waals surface area (Å²) in [7, 11) is 0. The van der Waals surface area contributed by atoms with Crippen LogP contribution in [0.1, 0.15) is 17.5 Å². The van der Waals surface area contributed by atoms with Crippen molar-refractivity contribution in [3.05, 3.63) is 71.8 Å². The summed E-state index contributed by atoms with van der Waals surface area (Å²) >= 11 is 0.